The number of nitrogens with zero attached hydrogens (tertiary/aromatic N) is 2. The van der Waals surface area contributed by atoms with Crippen LogP contribution < -0.4 is 4.90 Å². The van der Waals surface area contributed by atoms with Gasteiger partial charge in [-0.1, -0.05) is 12.2 Å². The van der Waals surface area contributed by atoms with Crippen LogP contribution in [-0.2, 0) is 9.59 Å². The van der Waals surface area contributed by atoms with E-state index in [9.17, 15) is 19.7 Å². The number of fused-ring (bicyclic) bond motifs is 1. The summed E-state index contributed by atoms with van der Waals surface area (Å²) in [5.41, 5.74) is 0.304. The number of non-ortho nitro benzene ring substituents is 1. The molecule has 7 heteroatoms. The van der Waals surface area contributed by atoms with E-state index >= 15 is 0 Å². The van der Waals surface area contributed by atoms with Gasteiger partial charge in [0, 0.05) is 16.6 Å². The molecule has 118 valence electrons. The number of rotatable bonds is 2. The van der Waals surface area contributed by atoms with E-state index in [1.165, 1.54) is 23.1 Å². The van der Waals surface area contributed by atoms with Crippen molar-refractivity contribution in [3.05, 3.63) is 44.9 Å². The minimum Gasteiger partial charge on any atom is -0.274 e. The van der Waals surface area contributed by atoms with Gasteiger partial charge in [0.05, 0.1) is 22.4 Å². The molecule has 5 rings (SSSR count). The van der Waals surface area contributed by atoms with E-state index in [-0.39, 0.29) is 41.2 Å². The molecule has 0 spiro atoms. The zero-order valence-electron chi connectivity index (χ0n) is 12.0. The molecule has 2 amide bonds. The van der Waals surface area contributed by atoms with Gasteiger partial charge in [0.25, 0.3) is 5.69 Å². The van der Waals surface area contributed by atoms with Crippen LogP contribution >= 0.6 is 15.9 Å². The zero-order chi connectivity index (χ0) is 16.3. The Kier molecular flexibility index (Phi) is 3.16. The fraction of sp³-hybridized carbons (Fsp3) is 0.375. The summed E-state index contributed by atoms with van der Waals surface area (Å²) in [6.45, 7) is 0. The highest BCUT2D eigenvalue weighted by Crippen LogP contribution is 2.51. The molecular weight excluding hydrogens is 364 g/mol. The minimum atomic E-state index is -0.508. The maximum absolute atomic E-state index is 12.8. The van der Waals surface area contributed by atoms with Crippen LogP contribution in [0.15, 0.2) is 34.8 Å². The van der Waals surface area contributed by atoms with Gasteiger partial charge in [-0.15, -0.1) is 0 Å². The summed E-state index contributed by atoms with van der Waals surface area (Å²) < 4.78 is 0.382. The Morgan fingerprint density at radius 1 is 1.09 bits per heavy atom. The molecule has 1 aromatic rings. The number of imide groups is 1. The molecule has 1 saturated carbocycles. The summed E-state index contributed by atoms with van der Waals surface area (Å²) in [5, 5.41) is 10.8. The van der Waals surface area contributed by atoms with Crippen LogP contribution in [-0.4, -0.2) is 16.7 Å². The predicted molar refractivity (Wildman–Crippen MR) is 85.6 cm³/mol. The third-order valence-corrected chi connectivity index (χ3v) is 5.78. The highest BCUT2D eigenvalue weighted by molar-refractivity contribution is 9.10. The number of carbonyl (C=O) groups excluding carboxylic acids is 2. The van der Waals surface area contributed by atoms with Crippen molar-refractivity contribution in [3.63, 3.8) is 0 Å². The lowest BCUT2D eigenvalue weighted by Crippen LogP contribution is -2.38. The Bertz CT molecular complexity index is 743. The van der Waals surface area contributed by atoms with Gasteiger partial charge >= 0.3 is 0 Å². The molecule has 0 N–H and O–H groups in total. The molecule has 0 aromatic heterocycles. The van der Waals surface area contributed by atoms with Gasteiger partial charge in [-0.05, 0) is 46.7 Å². The molecule has 4 aliphatic rings. The summed E-state index contributed by atoms with van der Waals surface area (Å²) in [7, 11) is 0. The summed E-state index contributed by atoms with van der Waals surface area (Å²) >= 11 is 3.26. The van der Waals surface area contributed by atoms with Gasteiger partial charge < -0.3 is 0 Å². The lowest BCUT2D eigenvalue weighted by Gasteiger charge is -2.38. The Hall–Kier alpha value is -2.02. The van der Waals surface area contributed by atoms with Gasteiger partial charge in [-0.2, -0.15) is 0 Å². The van der Waals surface area contributed by atoms with Crippen LogP contribution in [0.4, 0.5) is 11.4 Å². The van der Waals surface area contributed by atoms with Crippen molar-refractivity contribution in [2.45, 2.75) is 12.8 Å². The van der Waals surface area contributed by atoms with Gasteiger partial charge in [0.2, 0.25) is 11.8 Å². The van der Waals surface area contributed by atoms with Crippen LogP contribution in [0.2, 0.25) is 0 Å². The highest BCUT2D eigenvalue weighted by Gasteiger charge is 2.57. The average molecular weight is 377 g/mol. The van der Waals surface area contributed by atoms with Crippen LogP contribution in [0.1, 0.15) is 12.8 Å². The number of hydrogen-bond donors (Lipinski definition) is 0. The Morgan fingerprint density at radius 2 is 1.65 bits per heavy atom. The number of nitro benzene ring substituents is 1. The Balaban J connectivity index is 1.75. The number of nitro groups is 1. The maximum Gasteiger partial charge on any atom is 0.270 e. The monoisotopic (exact) mass is 376 g/mol. The summed E-state index contributed by atoms with van der Waals surface area (Å²) in [6.07, 6.45) is 6.01. The largest absolute Gasteiger partial charge is 0.274 e. The van der Waals surface area contributed by atoms with Crippen LogP contribution in [0.3, 0.4) is 0 Å². The SMILES string of the molecule is O=C1[C@@H]2[C@H](C(=O)N1c1ccc([N+](=O)[O-])cc1Br)[C@@H]1C=C[C@@H]2CC1. The molecule has 2 bridgehead atoms. The molecule has 2 fully saturated rings. The van der Waals surface area contributed by atoms with E-state index in [0.29, 0.717) is 10.2 Å². The fourth-order valence-corrected chi connectivity index (χ4v) is 4.65. The number of allylic oxidation sites excluding steroid dienone is 2. The average Bonchev–Trinajstić information content (AvgIpc) is 2.82. The van der Waals surface area contributed by atoms with E-state index in [1.807, 2.05) is 0 Å². The molecular formula is C16H13BrN2O4. The molecule has 6 nitrogen and oxygen atoms in total. The van der Waals surface area contributed by atoms with Crippen molar-refractivity contribution in [1.29, 1.82) is 0 Å². The number of hydrogen-bond acceptors (Lipinski definition) is 4. The molecule has 1 saturated heterocycles. The second-order valence-corrected chi connectivity index (χ2v) is 7.10. The first-order chi connectivity index (χ1) is 11.0. The van der Waals surface area contributed by atoms with Crippen molar-refractivity contribution in [2.24, 2.45) is 23.7 Å². The van der Waals surface area contributed by atoms with Crippen molar-refractivity contribution >= 4 is 39.1 Å². The first-order valence-electron chi connectivity index (χ1n) is 7.49. The van der Waals surface area contributed by atoms with Gasteiger partial charge in [-0.25, -0.2) is 4.90 Å². The van der Waals surface area contributed by atoms with E-state index in [0.717, 1.165) is 12.8 Å². The lowest BCUT2D eigenvalue weighted by atomic mass is 9.63. The molecule has 3 aliphatic carbocycles. The first-order valence-corrected chi connectivity index (χ1v) is 8.28. The van der Waals surface area contributed by atoms with Crippen molar-refractivity contribution < 1.29 is 14.5 Å². The normalized spacial score (nSPS) is 31.6. The second kappa shape index (κ2) is 4.99. The summed E-state index contributed by atoms with van der Waals surface area (Å²) in [5.74, 6) is -0.685. The van der Waals surface area contributed by atoms with Crippen molar-refractivity contribution in [1.82, 2.24) is 0 Å². The van der Waals surface area contributed by atoms with Crippen molar-refractivity contribution in [2.75, 3.05) is 4.90 Å². The quantitative estimate of drug-likeness (QED) is 0.343. The lowest BCUT2D eigenvalue weighted by molar-refractivity contribution is -0.384. The first kappa shape index (κ1) is 14.6. The molecule has 1 aromatic carbocycles. The predicted octanol–water partition coefficient (Wildman–Crippen LogP) is 3.06. The molecule has 23 heavy (non-hydrogen) atoms. The van der Waals surface area contributed by atoms with E-state index in [1.54, 1.807) is 0 Å². The summed E-state index contributed by atoms with van der Waals surface area (Å²) in [4.78, 5) is 37.2. The molecule has 1 aliphatic heterocycles. The number of anilines is 1. The molecule has 0 unspecified atom stereocenters. The minimum absolute atomic E-state index is 0.0844. The third kappa shape index (κ3) is 1.99. The molecule has 0 radical (unpaired) electrons. The van der Waals surface area contributed by atoms with E-state index < -0.39 is 4.92 Å². The van der Waals surface area contributed by atoms with Gasteiger partial charge in [-0.3, -0.25) is 19.7 Å². The second-order valence-electron chi connectivity index (χ2n) is 6.25. The highest BCUT2D eigenvalue weighted by atomic mass is 79.9. The number of amides is 2. The fourth-order valence-electron chi connectivity index (χ4n) is 4.10. The van der Waals surface area contributed by atoms with Crippen LogP contribution in [0.25, 0.3) is 0 Å². The smallest absolute Gasteiger partial charge is 0.270 e. The maximum atomic E-state index is 12.8. The van der Waals surface area contributed by atoms with Gasteiger partial charge in [0.15, 0.2) is 0 Å². The molecule has 4 atom stereocenters. The topological polar surface area (TPSA) is 80.5 Å². The Morgan fingerprint density at radius 3 is 2.09 bits per heavy atom. The van der Waals surface area contributed by atoms with Crippen LogP contribution in [0.5, 0.6) is 0 Å². The van der Waals surface area contributed by atoms with E-state index in [4.69, 9.17) is 0 Å². The zero-order valence-corrected chi connectivity index (χ0v) is 13.6. The molecule has 1 heterocycles. The van der Waals surface area contributed by atoms with E-state index in [2.05, 4.69) is 28.1 Å². The Labute approximate surface area is 140 Å². The third-order valence-electron chi connectivity index (χ3n) is 5.14. The van der Waals surface area contributed by atoms with Crippen molar-refractivity contribution in [3.8, 4) is 0 Å². The van der Waals surface area contributed by atoms with Gasteiger partial charge in [0.1, 0.15) is 0 Å². The summed E-state index contributed by atoms with van der Waals surface area (Å²) in [6, 6.07) is 4.10. The number of halogens is 1. The number of carbonyl (C=O) groups is 2. The standard InChI is InChI=1S/C16H13BrN2O4/c17-11-7-10(19(22)23)5-6-12(11)18-15(20)13-8-1-2-9(4-3-8)14(13)16(18)21/h1-2,5-9,13-14H,3-4H2/t8-,9-,13-,14+/m1/s1. The number of benzene rings is 1. The van der Waals surface area contributed by atoms with Crippen LogP contribution in [0, 0.1) is 33.8 Å².